The van der Waals surface area contributed by atoms with Gasteiger partial charge in [0.2, 0.25) is 0 Å². The van der Waals surface area contributed by atoms with Gasteiger partial charge in [0.15, 0.2) is 4.32 Å². The summed E-state index contributed by atoms with van der Waals surface area (Å²) in [5.41, 5.74) is 1.57. The zero-order valence-electron chi connectivity index (χ0n) is 13.4. The maximum atomic E-state index is 12.7. The van der Waals surface area contributed by atoms with E-state index in [0.29, 0.717) is 25.8 Å². The van der Waals surface area contributed by atoms with Crippen molar-refractivity contribution in [3.05, 3.63) is 82.4 Å². The summed E-state index contributed by atoms with van der Waals surface area (Å²) in [5, 5.41) is 0.615. The minimum absolute atomic E-state index is 0.151. The zero-order valence-corrected chi connectivity index (χ0v) is 15.8. The van der Waals surface area contributed by atoms with Crippen LogP contribution in [0.5, 0.6) is 0 Å². The van der Waals surface area contributed by atoms with Gasteiger partial charge < -0.3 is 4.42 Å². The topological polar surface area (TPSA) is 33.5 Å². The van der Waals surface area contributed by atoms with Crippen LogP contribution in [0.15, 0.2) is 76.1 Å². The maximum Gasteiger partial charge on any atom is 0.270 e. The number of carbonyl (C=O) groups excluding carboxylic acids is 1. The van der Waals surface area contributed by atoms with E-state index in [1.807, 2.05) is 66.7 Å². The molecule has 1 fully saturated rings. The largest absolute Gasteiger partial charge is 0.457 e. The fourth-order valence-electron chi connectivity index (χ4n) is 2.63. The van der Waals surface area contributed by atoms with Crippen molar-refractivity contribution in [2.24, 2.45) is 0 Å². The molecule has 1 aliphatic rings. The minimum Gasteiger partial charge on any atom is -0.457 e. The van der Waals surface area contributed by atoms with Gasteiger partial charge in [-0.2, -0.15) is 0 Å². The summed E-state index contributed by atoms with van der Waals surface area (Å²) < 4.78 is 6.35. The van der Waals surface area contributed by atoms with E-state index in [1.54, 1.807) is 6.08 Å². The molecule has 0 aliphatic carbocycles. The normalized spacial score (nSPS) is 15.9. The number of anilines is 1. The number of hydrogen-bond donors (Lipinski definition) is 0. The van der Waals surface area contributed by atoms with Crippen LogP contribution >= 0.6 is 35.6 Å². The number of thioether (sulfide) groups is 1. The number of amides is 1. The average molecular weight is 398 g/mol. The molecule has 1 aliphatic heterocycles. The molecule has 0 N–H and O–H groups in total. The molecule has 0 bridgehead atoms. The van der Waals surface area contributed by atoms with Crippen LogP contribution in [0, 0.1) is 0 Å². The molecular formula is C20H12ClNO2S2. The van der Waals surface area contributed by atoms with Gasteiger partial charge in [-0.15, -0.1) is 0 Å². The van der Waals surface area contributed by atoms with Gasteiger partial charge in [0.05, 0.1) is 15.6 Å². The number of para-hydroxylation sites is 1. The first-order chi connectivity index (χ1) is 12.6. The van der Waals surface area contributed by atoms with Crippen molar-refractivity contribution in [1.29, 1.82) is 0 Å². The summed E-state index contributed by atoms with van der Waals surface area (Å²) in [4.78, 5) is 14.8. The fourth-order valence-corrected chi connectivity index (χ4v) is 4.14. The molecule has 128 valence electrons. The Morgan fingerprint density at radius 3 is 2.50 bits per heavy atom. The predicted octanol–water partition coefficient (Wildman–Crippen LogP) is 6.01. The molecule has 6 heteroatoms. The number of halogens is 1. The van der Waals surface area contributed by atoms with Crippen LogP contribution in [0.1, 0.15) is 5.76 Å². The first-order valence-electron chi connectivity index (χ1n) is 7.81. The first kappa shape index (κ1) is 17.1. The smallest absolute Gasteiger partial charge is 0.270 e. The monoisotopic (exact) mass is 397 g/mol. The van der Waals surface area contributed by atoms with Crippen LogP contribution in [-0.2, 0) is 4.79 Å². The number of furan rings is 1. The molecule has 3 nitrogen and oxygen atoms in total. The number of benzene rings is 2. The van der Waals surface area contributed by atoms with E-state index in [1.165, 1.54) is 16.7 Å². The SMILES string of the molecule is O=C1/C(=C/c2ccc(-c3ccccc3Cl)o2)SC(=S)N1c1ccccc1. The molecule has 0 radical (unpaired) electrons. The minimum atomic E-state index is -0.151. The third-order valence-electron chi connectivity index (χ3n) is 3.85. The lowest BCUT2D eigenvalue weighted by atomic mass is 10.2. The molecule has 0 spiro atoms. The molecule has 1 amide bonds. The Balaban J connectivity index is 1.63. The Morgan fingerprint density at radius 2 is 1.73 bits per heavy atom. The Hall–Kier alpha value is -2.34. The van der Waals surface area contributed by atoms with E-state index in [-0.39, 0.29) is 5.91 Å². The highest BCUT2D eigenvalue weighted by atomic mass is 35.5. The predicted molar refractivity (Wildman–Crippen MR) is 111 cm³/mol. The van der Waals surface area contributed by atoms with E-state index >= 15 is 0 Å². The van der Waals surface area contributed by atoms with Gasteiger partial charge >= 0.3 is 0 Å². The molecule has 2 heterocycles. The van der Waals surface area contributed by atoms with Crippen molar-refractivity contribution in [3.63, 3.8) is 0 Å². The lowest BCUT2D eigenvalue weighted by Gasteiger charge is -2.13. The number of hydrogen-bond acceptors (Lipinski definition) is 4. The van der Waals surface area contributed by atoms with Crippen molar-refractivity contribution in [2.75, 3.05) is 4.90 Å². The third-order valence-corrected chi connectivity index (χ3v) is 5.48. The molecule has 4 rings (SSSR count). The number of thiocarbonyl (C=S) groups is 1. The van der Waals surface area contributed by atoms with Crippen LogP contribution in [-0.4, -0.2) is 10.2 Å². The molecule has 1 saturated heterocycles. The Morgan fingerprint density at radius 1 is 1.00 bits per heavy atom. The molecule has 2 aromatic carbocycles. The summed E-state index contributed by atoms with van der Waals surface area (Å²) in [5.74, 6) is 1.08. The second kappa shape index (κ2) is 7.11. The van der Waals surface area contributed by atoms with Crippen LogP contribution in [0.25, 0.3) is 17.4 Å². The second-order valence-electron chi connectivity index (χ2n) is 5.53. The van der Waals surface area contributed by atoms with E-state index in [4.69, 9.17) is 28.2 Å². The highest BCUT2D eigenvalue weighted by Crippen LogP contribution is 2.37. The van der Waals surface area contributed by atoms with E-state index in [0.717, 1.165) is 11.3 Å². The van der Waals surface area contributed by atoms with Crippen molar-refractivity contribution >= 4 is 57.6 Å². The van der Waals surface area contributed by atoms with Gasteiger partial charge in [-0.25, -0.2) is 0 Å². The summed E-state index contributed by atoms with van der Waals surface area (Å²) in [6.07, 6.45) is 1.71. The molecule has 26 heavy (non-hydrogen) atoms. The number of rotatable bonds is 3. The molecule has 0 atom stereocenters. The maximum absolute atomic E-state index is 12.7. The Bertz CT molecular complexity index is 1030. The van der Waals surface area contributed by atoms with Crippen molar-refractivity contribution in [3.8, 4) is 11.3 Å². The summed E-state index contributed by atoms with van der Waals surface area (Å²) in [6, 6.07) is 20.5. The van der Waals surface area contributed by atoms with E-state index in [2.05, 4.69) is 0 Å². The van der Waals surface area contributed by atoms with Crippen LogP contribution < -0.4 is 4.90 Å². The Kier molecular flexibility index (Phi) is 4.68. The number of nitrogens with zero attached hydrogens (tertiary/aromatic N) is 1. The quantitative estimate of drug-likeness (QED) is 0.400. The van der Waals surface area contributed by atoms with Crippen LogP contribution in [0.4, 0.5) is 5.69 Å². The summed E-state index contributed by atoms with van der Waals surface area (Å²) in [7, 11) is 0. The van der Waals surface area contributed by atoms with Crippen LogP contribution in [0.2, 0.25) is 5.02 Å². The second-order valence-corrected chi connectivity index (χ2v) is 7.62. The lowest BCUT2D eigenvalue weighted by molar-refractivity contribution is -0.113. The van der Waals surface area contributed by atoms with Crippen molar-refractivity contribution in [1.82, 2.24) is 0 Å². The van der Waals surface area contributed by atoms with E-state index < -0.39 is 0 Å². The first-order valence-corrected chi connectivity index (χ1v) is 9.41. The molecular weight excluding hydrogens is 386 g/mol. The standard InChI is InChI=1S/C20H12ClNO2S2/c21-16-9-5-4-8-15(16)17-11-10-14(24-17)12-18-19(23)22(20(25)26-18)13-6-2-1-3-7-13/h1-12H/b18-12-. The molecule has 0 unspecified atom stereocenters. The number of carbonyl (C=O) groups is 1. The third kappa shape index (κ3) is 3.21. The van der Waals surface area contributed by atoms with Crippen LogP contribution in [0.3, 0.4) is 0 Å². The van der Waals surface area contributed by atoms with Crippen molar-refractivity contribution in [2.45, 2.75) is 0 Å². The van der Waals surface area contributed by atoms with Gasteiger partial charge in [0.25, 0.3) is 5.91 Å². The zero-order chi connectivity index (χ0) is 18.1. The average Bonchev–Trinajstić information content (AvgIpc) is 3.21. The molecule has 1 aromatic heterocycles. The van der Waals surface area contributed by atoms with Crippen molar-refractivity contribution < 1.29 is 9.21 Å². The fraction of sp³-hybridized carbons (Fsp3) is 0. The summed E-state index contributed by atoms with van der Waals surface area (Å²) >= 11 is 12.8. The lowest BCUT2D eigenvalue weighted by Crippen LogP contribution is -2.27. The van der Waals surface area contributed by atoms with Gasteiger partial charge in [-0.3, -0.25) is 9.69 Å². The molecule has 0 saturated carbocycles. The highest BCUT2D eigenvalue weighted by Gasteiger charge is 2.33. The highest BCUT2D eigenvalue weighted by molar-refractivity contribution is 8.27. The van der Waals surface area contributed by atoms with Gasteiger partial charge in [0, 0.05) is 11.6 Å². The van der Waals surface area contributed by atoms with Gasteiger partial charge in [0.1, 0.15) is 11.5 Å². The Labute approximate surface area is 165 Å². The van der Waals surface area contributed by atoms with E-state index in [9.17, 15) is 4.79 Å². The van der Waals surface area contributed by atoms with Gasteiger partial charge in [-0.1, -0.05) is 65.9 Å². The summed E-state index contributed by atoms with van der Waals surface area (Å²) in [6.45, 7) is 0. The van der Waals surface area contributed by atoms with Gasteiger partial charge in [-0.05, 0) is 36.4 Å². The molecule has 3 aromatic rings.